The Morgan fingerprint density at radius 1 is 0.943 bits per heavy atom. The minimum absolute atomic E-state index is 0.0737. The van der Waals surface area contributed by atoms with Gasteiger partial charge in [0.2, 0.25) is 18.6 Å². The zero-order valence-corrected chi connectivity index (χ0v) is 20.0. The van der Waals surface area contributed by atoms with E-state index in [0.717, 1.165) is 22.4 Å². The molecule has 1 N–H and O–H groups in total. The summed E-state index contributed by atoms with van der Waals surface area (Å²) in [7, 11) is 1.61. The van der Waals surface area contributed by atoms with Crippen molar-refractivity contribution >= 4 is 11.8 Å². The van der Waals surface area contributed by atoms with Crippen LogP contribution in [0.25, 0.3) is 0 Å². The monoisotopic (exact) mass is 474 g/mol. The smallest absolute Gasteiger partial charge is 0.242 e. The Kier molecular flexibility index (Phi) is 7.88. The summed E-state index contributed by atoms with van der Waals surface area (Å²) >= 11 is 0. The first-order chi connectivity index (χ1) is 17.0. The fourth-order valence-corrected chi connectivity index (χ4v) is 3.94. The van der Waals surface area contributed by atoms with E-state index in [9.17, 15) is 9.59 Å². The van der Waals surface area contributed by atoms with Crippen molar-refractivity contribution in [2.75, 3.05) is 13.9 Å². The number of ether oxygens (including phenoxy) is 3. The highest BCUT2D eigenvalue weighted by atomic mass is 16.7. The summed E-state index contributed by atoms with van der Waals surface area (Å²) in [6, 6.07) is 22.3. The lowest BCUT2D eigenvalue weighted by Crippen LogP contribution is -2.47. The van der Waals surface area contributed by atoms with Crippen LogP contribution in [0.15, 0.2) is 72.8 Å². The van der Waals surface area contributed by atoms with Gasteiger partial charge in [0.05, 0.1) is 7.11 Å². The van der Waals surface area contributed by atoms with Gasteiger partial charge in [0, 0.05) is 19.5 Å². The molecule has 2 amide bonds. The highest BCUT2D eigenvalue weighted by molar-refractivity contribution is 5.87. The quantitative estimate of drug-likeness (QED) is 0.479. The molecular weight excluding hydrogens is 444 g/mol. The van der Waals surface area contributed by atoms with Crippen molar-refractivity contribution in [3.05, 3.63) is 89.5 Å². The highest BCUT2D eigenvalue weighted by Gasteiger charge is 2.26. The van der Waals surface area contributed by atoms with Gasteiger partial charge in [-0.15, -0.1) is 0 Å². The first kappa shape index (κ1) is 24.1. The molecule has 0 saturated carbocycles. The third kappa shape index (κ3) is 6.32. The van der Waals surface area contributed by atoms with E-state index in [2.05, 4.69) is 5.32 Å². The molecule has 1 heterocycles. The maximum Gasteiger partial charge on any atom is 0.242 e. The van der Waals surface area contributed by atoms with Gasteiger partial charge in [-0.05, 0) is 54.3 Å². The number of hydrogen-bond acceptors (Lipinski definition) is 5. The predicted octanol–water partition coefficient (Wildman–Crippen LogP) is 4.09. The van der Waals surface area contributed by atoms with Crippen molar-refractivity contribution in [2.24, 2.45) is 0 Å². The van der Waals surface area contributed by atoms with Crippen LogP contribution in [-0.4, -0.2) is 36.7 Å². The molecule has 0 radical (unpaired) electrons. The first-order valence-electron chi connectivity index (χ1n) is 11.7. The van der Waals surface area contributed by atoms with Gasteiger partial charge < -0.3 is 24.4 Å². The molecule has 0 aromatic heterocycles. The standard InChI is InChI=1S/C28H30N2O5/c1-20(28(32)29-17-23-10-14-25-26(16-23)35-19-34-25)30(18-22-8-12-24(33-2)13-9-22)27(31)15-11-21-6-4-3-5-7-21/h3-10,12-14,16,20H,11,15,17-19H2,1-2H3,(H,29,32). The highest BCUT2D eigenvalue weighted by Crippen LogP contribution is 2.32. The van der Waals surface area contributed by atoms with Crippen molar-refractivity contribution in [2.45, 2.75) is 38.9 Å². The average molecular weight is 475 g/mol. The maximum absolute atomic E-state index is 13.3. The maximum atomic E-state index is 13.3. The minimum atomic E-state index is -0.644. The van der Waals surface area contributed by atoms with Gasteiger partial charge in [0.25, 0.3) is 0 Å². The number of methoxy groups -OCH3 is 1. The Hall–Kier alpha value is -4.00. The van der Waals surface area contributed by atoms with Gasteiger partial charge >= 0.3 is 0 Å². The third-order valence-corrected chi connectivity index (χ3v) is 6.05. The number of amides is 2. The van der Waals surface area contributed by atoms with Crippen molar-refractivity contribution in [3.8, 4) is 17.2 Å². The summed E-state index contributed by atoms with van der Waals surface area (Å²) < 4.78 is 16.0. The number of nitrogens with one attached hydrogen (secondary N) is 1. The Balaban J connectivity index is 1.43. The van der Waals surface area contributed by atoms with E-state index in [1.54, 1.807) is 18.9 Å². The number of aryl methyl sites for hydroxylation is 1. The van der Waals surface area contributed by atoms with Gasteiger partial charge in [-0.1, -0.05) is 48.5 Å². The number of hydrogen-bond donors (Lipinski definition) is 1. The lowest BCUT2D eigenvalue weighted by Gasteiger charge is -2.29. The van der Waals surface area contributed by atoms with Gasteiger partial charge in [-0.3, -0.25) is 9.59 Å². The third-order valence-electron chi connectivity index (χ3n) is 6.05. The van der Waals surface area contributed by atoms with Crippen LogP contribution < -0.4 is 19.5 Å². The first-order valence-corrected chi connectivity index (χ1v) is 11.7. The van der Waals surface area contributed by atoms with Crippen LogP contribution in [0.3, 0.4) is 0 Å². The van der Waals surface area contributed by atoms with E-state index in [1.807, 2.05) is 72.8 Å². The minimum Gasteiger partial charge on any atom is -0.497 e. The van der Waals surface area contributed by atoms with E-state index >= 15 is 0 Å². The molecule has 0 fully saturated rings. The van der Waals surface area contributed by atoms with E-state index in [4.69, 9.17) is 14.2 Å². The van der Waals surface area contributed by atoms with Crippen molar-refractivity contribution in [1.82, 2.24) is 10.2 Å². The van der Waals surface area contributed by atoms with E-state index in [1.165, 1.54) is 0 Å². The van der Waals surface area contributed by atoms with E-state index < -0.39 is 6.04 Å². The molecule has 7 nitrogen and oxygen atoms in total. The molecule has 3 aromatic carbocycles. The molecule has 4 rings (SSSR count). The summed E-state index contributed by atoms with van der Waals surface area (Å²) in [5.41, 5.74) is 2.91. The van der Waals surface area contributed by atoms with Crippen LogP contribution in [0.4, 0.5) is 0 Å². The molecule has 3 aromatic rings. The van der Waals surface area contributed by atoms with Gasteiger partial charge in [0.15, 0.2) is 11.5 Å². The Morgan fingerprint density at radius 2 is 1.66 bits per heavy atom. The SMILES string of the molecule is COc1ccc(CN(C(=O)CCc2ccccc2)C(C)C(=O)NCc2ccc3c(c2)OCO3)cc1. The number of carbonyl (C=O) groups is 2. The van der Waals surface area contributed by atoms with Crippen LogP contribution in [0.5, 0.6) is 17.2 Å². The largest absolute Gasteiger partial charge is 0.497 e. The Bertz CT molecular complexity index is 1150. The van der Waals surface area contributed by atoms with Crippen LogP contribution >= 0.6 is 0 Å². The van der Waals surface area contributed by atoms with Crippen molar-refractivity contribution < 1.29 is 23.8 Å². The van der Waals surface area contributed by atoms with Gasteiger partial charge in [-0.2, -0.15) is 0 Å². The summed E-state index contributed by atoms with van der Waals surface area (Å²) in [6.45, 7) is 2.62. The second kappa shape index (κ2) is 11.4. The number of fused-ring (bicyclic) bond motifs is 1. The van der Waals surface area contributed by atoms with Crippen molar-refractivity contribution in [3.63, 3.8) is 0 Å². The molecule has 1 atom stereocenters. The topological polar surface area (TPSA) is 77.1 Å². The molecule has 35 heavy (non-hydrogen) atoms. The summed E-state index contributed by atoms with van der Waals surface area (Å²) in [5.74, 6) is 1.81. The number of benzene rings is 3. The predicted molar refractivity (Wildman–Crippen MR) is 132 cm³/mol. The number of carbonyl (C=O) groups excluding carboxylic acids is 2. The fourth-order valence-electron chi connectivity index (χ4n) is 3.94. The lowest BCUT2D eigenvalue weighted by molar-refractivity contribution is -0.140. The van der Waals surface area contributed by atoms with Gasteiger partial charge in [-0.25, -0.2) is 0 Å². The molecule has 7 heteroatoms. The zero-order valence-electron chi connectivity index (χ0n) is 20.0. The number of nitrogens with zero attached hydrogens (tertiary/aromatic N) is 1. The average Bonchev–Trinajstić information content (AvgIpc) is 3.37. The summed E-state index contributed by atoms with van der Waals surface area (Å²) in [4.78, 5) is 28.0. The van der Waals surface area contributed by atoms with Crippen molar-refractivity contribution in [1.29, 1.82) is 0 Å². The summed E-state index contributed by atoms with van der Waals surface area (Å²) in [6.07, 6.45) is 0.935. The summed E-state index contributed by atoms with van der Waals surface area (Å²) in [5, 5.41) is 2.95. The molecule has 1 aliphatic heterocycles. The van der Waals surface area contributed by atoms with E-state index in [-0.39, 0.29) is 18.6 Å². The normalized spacial score (nSPS) is 12.6. The molecule has 0 saturated heterocycles. The van der Waals surface area contributed by atoms with Crippen LogP contribution in [-0.2, 0) is 29.1 Å². The van der Waals surface area contributed by atoms with Gasteiger partial charge in [0.1, 0.15) is 11.8 Å². The molecule has 1 unspecified atom stereocenters. The van der Waals surface area contributed by atoms with Crippen LogP contribution in [0.1, 0.15) is 30.0 Å². The molecule has 0 aliphatic carbocycles. The number of rotatable bonds is 10. The Morgan fingerprint density at radius 3 is 2.40 bits per heavy atom. The molecule has 182 valence electrons. The Labute approximate surface area is 205 Å². The molecule has 1 aliphatic rings. The zero-order chi connectivity index (χ0) is 24.6. The second-order valence-electron chi connectivity index (χ2n) is 8.44. The molecule has 0 spiro atoms. The van der Waals surface area contributed by atoms with E-state index in [0.29, 0.717) is 37.4 Å². The lowest BCUT2D eigenvalue weighted by atomic mass is 10.1. The second-order valence-corrected chi connectivity index (χ2v) is 8.44. The molecular formula is C28H30N2O5. The fraction of sp³-hybridized carbons (Fsp3) is 0.286. The molecule has 0 bridgehead atoms. The van der Waals surface area contributed by atoms with Crippen LogP contribution in [0, 0.1) is 0 Å². The van der Waals surface area contributed by atoms with Crippen LogP contribution in [0.2, 0.25) is 0 Å².